The van der Waals surface area contributed by atoms with Crippen LogP contribution in [0.1, 0.15) is 11.3 Å². The van der Waals surface area contributed by atoms with Gasteiger partial charge in [-0.05, 0) is 12.1 Å². The summed E-state index contributed by atoms with van der Waals surface area (Å²) in [7, 11) is 4.46. The lowest BCUT2D eigenvalue weighted by atomic mass is 10.1. The molecule has 39 heavy (non-hydrogen) atoms. The molecule has 0 atom stereocenters. The quantitative estimate of drug-likeness (QED) is 0.340. The van der Waals surface area contributed by atoms with Crippen LogP contribution in [0.3, 0.4) is 0 Å². The molecular weight excluding hydrogens is 521 g/mol. The fraction of sp³-hybridized carbons (Fsp3) is 0.208. The van der Waals surface area contributed by atoms with E-state index in [1.165, 1.54) is 39.9 Å². The third kappa shape index (κ3) is 5.32. The van der Waals surface area contributed by atoms with Crippen LogP contribution in [0.4, 0.5) is 24.8 Å². The fourth-order valence-corrected chi connectivity index (χ4v) is 3.70. The lowest BCUT2D eigenvalue weighted by molar-refractivity contribution is -0.141. The summed E-state index contributed by atoms with van der Waals surface area (Å²) >= 11 is 0. The standard InChI is InChI=1S/C24H21F3N8O4/c1-36-15-7-14(8-16(9-15)37-2)31-23-29-11-18(20(32-23)35-5-4-19(34-35)24(25,26)27)13-6-17(21(38-3)28-10-13)22-33-30-12-39-22/h4-11,30H,12H2,1-3H3,(H,29,31,32). The van der Waals surface area contributed by atoms with E-state index in [-0.39, 0.29) is 30.3 Å². The first kappa shape index (κ1) is 25.6. The minimum atomic E-state index is -4.64. The van der Waals surface area contributed by atoms with E-state index in [9.17, 15) is 13.2 Å². The van der Waals surface area contributed by atoms with Crippen LogP contribution in [-0.2, 0) is 10.9 Å². The summed E-state index contributed by atoms with van der Waals surface area (Å²) in [5, 5.41) is 10.8. The molecule has 5 rings (SSSR count). The molecular formula is C24H21F3N8O4. The van der Waals surface area contributed by atoms with Gasteiger partial charge in [-0.1, -0.05) is 0 Å². The Balaban J connectivity index is 1.61. The van der Waals surface area contributed by atoms with E-state index < -0.39 is 11.9 Å². The average Bonchev–Trinajstić information content (AvgIpc) is 3.65. The van der Waals surface area contributed by atoms with Crippen molar-refractivity contribution in [2.24, 2.45) is 5.10 Å². The minimum Gasteiger partial charge on any atom is -0.497 e. The van der Waals surface area contributed by atoms with Gasteiger partial charge in [0.1, 0.15) is 17.1 Å². The van der Waals surface area contributed by atoms with Gasteiger partial charge >= 0.3 is 6.18 Å². The SMILES string of the molecule is COc1cc(Nc2ncc(-c3cnc(OC)c(C4=NNCO4)c3)c(-n3ccc(C(F)(F)F)n3)n2)cc(OC)c1. The van der Waals surface area contributed by atoms with Crippen LogP contribution < -0.4 is 25.0 Å². The Labute approximate surface area is 219 Å². The summed E-state index contributed by atoms with van der Waals surface area (Å²) < 4.78 is 62.5. The van der Waals surface area contributed by atoms with Crippen molar-refractivity contribution in [3.63, 3.8) is 0 Å². The third-order valence-corrected chi connectivity index (χ3v) is 5.51. The molecule has 1 aliphatic rings. The molecule has 2 N–H and O–H groups in total. The van der Waals surface area contributed by atoms with Crippen LogP contribution in [0, 0.1) is 0 Å². The number of ether oxygens (including phenoxy) is 4. The molecule has 0 saturated heterocycles. The van der Waals surface area contributed by atoms with Gasteiger partial charge in [0.15, 0.2) is 18.2 Å². The molecule has 0 radical (unpaired) electrons. The normalized spacial score (nSPS) is 12.8. The second kappa shape index (κ2) is 10.4. The summed E-state index contributed by atoms with van der Waals surface area (Å²) in [5.41, 5.74) is 3.36. The van der Waals surface area contributed by atoms with Gasteiger partial charge in [-0.3, -0.25) is 5.43 Å². The van der Waals surface area contributed by atoms with Crippen molar-refractivity contribution in [1.29, 1.82) is 0 Å². The molecule has 15 heteroatoms. The van der Waals surface area contributed by atoms with Gasteiger partial charge in [0.2, 0.25) is 17.7 Å². The highest BCUT2D eigenvalue weighted by Crippen LogP contribution is 2.33. The predicted octanol–water partition coefficient (Wildman–Crippen LogP) is 3.75. The number of methoxy groups -OCH3 is 3. The van der Waals surface area contributed by atoms with Crippen molar-refractivity contribution in [2.75, 3.05) is 33.4 Å². The Kier molecular flexibility index (Phi) is 6.79. The lowest BCUT2D eigenvalue weighted by Gasteiger charge is -2.14. The van der Waals surface area contributed by atoms with E-state index in [1.54, 1.807) is 24.3 Å². The minimum absolute atomic E-state index is 0.0585. The first-order valence-corrected chi connectivity index (χ1v) is 11.3. The monoisotopic (exact) mass is 542 g/mol. The van der Waals surface area contributed by atoms with Crippen LogP contribution in [0.5, 0.6) is 17.4 Å². The molecule has 3 aromatic heterocycles. The van der Waals surface area contributed by atoms with Crippen LogP contribution in [0.2, 0.25) is 0 Å². The van der Waals surface area contributed by atoms with Gasteiger partial charge in [0, 0.05) is 53.6 Å². The molecule has 4 aromatic rings. The van der Waals surface area contributed by atoms with Gasteiger partial charge in [-0.2, -0.15) is 23.3 Å². The first-order valence-electron chi connectivity index (χ1n) is 11.3. The lowest BCUT2D eigenvalue weighted by Crippen LogP contribution is -2.10. The maximum absolute atomic E-state index is 13.4. The smallest absolute Gasteiger partial charge is 0.435 e. The molecule has 0 fully saturated rings. The molecule has 0 saturated carbocycles. The van der Waals surface area contributed by atoms with E-state index in [1.807, 2.05) is 0 Å². The van der Waals surface area contributed by atoms with Crippen LogP contribution >= 0.6 is 0 Å². The molecule has 0 bridgehead atoms. The number of hydrogen-bond donors (Lipinski definition) is 2. The van der Waals surface area contributed by atoms with Crippen LogP contribution in [0.25, 0.3) is 16.9 Å². The molecule has 0 unspecified atom stereocenters. The van der Waals surface area contributed by atoms with E-state index in [2.05, 4.69) is 35.9 Å². The molecule has 0 aliphatic carbocycles. The summed E-state index contributed by atoms with van der Waals surface area (Å²) in [5.74, 6) is 1.66. The number of nitrogens with one attached hydrogen (secondary N) is 2. The molecule has 4 heterocycles. The zero-order valence-electron chi connectivity index (χ0n) is 20.8. The Morgan fingerprint density at radius 3 is 2.36 bits per heavy atom. The number of benzene rings is 1. The highest BCUT2D eigenvalue weighted by atomic mass is 19.4. The van der Waals surface area contributed by atoms with E-state index in [0.717, 1.165) is 10.7 Å². The summed E-state index contributed by atoms with van der Waals surface area (Å²) in [4.78, 5) is 13.2. The van der Waals surface area contributed by atoms with Crippen molar-refractivity contribution >= 4 is 17.5 Å². The maximum Gasteiger partial charge on any atom is 0.435 e. The number of halogens is 3. The van der Waals surface area contributed by atoms with E-state index >= 15 is 0 Å². The average molecular weight is 542 g/mol. The summed E-state index contributed by atoms with van der Waals surface area (Å²) in [6, 6.07) is 7.58. The predicted molar refractivity (Wildman–Crippen MR) is 132 cm³/mol. The molecule has 1 aromatic carbocycles. The Morgan fingerprint density at radius 1 is 0.974 bits per heavy atom. The van der Waals surface area contributed by atoms with Gasteiger partial charge in [0.05, 0.1) is 21.3 Å². The second-order valence-corrected chi connectivity index (χ2v) is 7.95. The summed E-state index contributed by atoms with van der Waals surface area (Å²) in [6.45, 7) is 0.167. The van der Waals surface area contributed by atoms with Crippen molar-refractivity contribution in [1.82, 2.24) is 30.2 Å². The number of alkyl halides is 3. The topological polar surface area (TPSA) is 130 Å². The van der Waals surface area contributed by atoms with Crippen LogP contribution in [0.15, 0.2) is 54.0 Å². The van der Waals surface area contributed by atoms with Gasteiger partial charge in [-0.25, -0.2) is 14.6 Å². The zero-order chi connectivity index (χ0) is 27.6. The number of nitrogens with zero attached hydrogens (tertiary/aromatic N) is 6. The maximum atomic E-state index is 13.4. The Bertz CT molecular complexity index is 1520. The molecule has 0 spiro atoms. The first-order chi connectivity index (χ1) is 18.8. The number of aromatic nitrogens is 5. The number of hydrazone groups is 1. The molecule has 0 amide bonds. The van der Waals surface area contributed by atoms with E-state index in [4.69, 9.17) is 18.9 Å². The van der Waals surface area contributed by atoms with Gasteiger partial charge in [-0.15, -0.1) is 5.10 Å². The number of anilines is 2. The number of pyridine rings is 1. The Hall–Kier alpha value is -5.08. The third-order valence-electron chi connectivity index (χ3n) is 5.51. The highest BCUT2D eigenvalue weighted by molar-refractivity contribution is 5.98. The zero-order valence-corrected chi connectivity index (χ0v) is 20.8. The van der Waals surface area contributed by atoms with Crippen molar-refractivity contribution < 1.29 is 32.1 Å². The number of hydrogen-bond acceptors (Lipinski definition) is 11. The summed E-state index contributed by atoms with van der Waals surface area (Å²) in [6.07, 6.45) is -0.559. The van der Waals surface area contributed by atoms with Crippen LogP contribution in [-0.4, -0.2) is 58.7 Å². The van der Waals surface area contributed by atoms with Gasteiger partial charge < -0.3 is 24.3 Å². The Morgan fingerprint density at radius 2 is 1.74 bits per heavy atom. The van der Waals surface area contributed by atoms with Gasteiger partial charge in [0.25, 0.3) is 0 Å². The van der Waals surface area contributed by atoms with E-state index in [0.29, 0.717) is 33.9 Å². The second-order valence-electron chi connectivity index (χ2n) is 7.95. The van der Waals surface area contributed by atoms with Crippen molar-refractivity contribution in [2.45, 2.75) is 6.18 Å². The van der Waals surface area contributed by atoms with Crippen molar-refractivity contribution in [3.8, 4) is 34.3 Å². The largest absolute Gasteiger partial charge is 0.497 e. The molecule has 202 valence electrons. The molecule has 12 nitrogen and oxygen atoms in total. The molecule has 1 aliphatic heterocycles. The number of rotatable bonds is 8. The van der Waals surface area contributed by atoms with Crippen molar-refractivity contribution in [3.05, 3.63) is 60.2 Å². The highest BCUT2D eigenvalue weighted by Gasteiger charge is 2.34. The fourth-order valence-electron chi connectivity index (χ4n) is 3.70.